The van der Waals surface area contributed by atoms with Crippen LogP contribution in [0.25, 0.3) is 22.3 Å². The topological polar surface area (TPSA) is 77.2 Å². The van der Waals surface area contributed by atoms with Crippen molar-refractivity contribution in [2.75, 3.05) is 26.7 Å². The molecule has 0 unspecified atom stereocenters. The first-order valence-electron chi connectivity index (χ1n) is 13.1. The summed E-state index contributed by atoms with van der Waals surface area (Å²) in [6.07, 6.45) is 8.84. The molecule has 1 aliphatic heterocycles. The number of aromatic nitrogens is 4. The van der Waals surface area contributed by atoms with Gasteiger partial charge in [0.05, 0.1) is 25.0 Å². The van der Waals surface area contributed by atoms with Crippen LogP contribution in [0.2, 0.25) is 0 Å². The maximum Gasteiger partial charge on any atom is 0.252 e. The van der Waals surface area contributed by atoms with E-state index in [0.29, 0.717) is 18.1 Å². The second-order valence-corrected chi connectivity index (χ2v) is 10.5. The zero-order chi connectivity index (χ0) is 26.8. The molecule has 38 heavy (non-hydrogen) atoms. The molecule has 198 valence electrons. The lowest BCUT2D eigenvalue weighted by Gasteiger charge is -2.18. The van der Waals surface area contributed by atoms with Gasteiger partial charge in [0.2, 0.25) is 0 Å². The van der Waals surface area contributed by atoms with Gasteiger partial charge in [-0.1, -0.05) is 6.07 Å². The van der Waals surface area contributed by atoms with E-state index in [1.54, 1.807) is 9.36 Å². The van der Waals surface area contributed by atoms with Crippen LogP contribution in [0.15, 0.2) is 61.2 Å². The molecule has 0 aliphatic carbocycles. The molecule has 2 atom stereocenters. The quantitative estimate of drug-likeness (QED) is 0.373. The molecule has 2 aromatic carbocycles. The second-order valence-electron chi connectivity index (χ2n) is 10.5. The van der Waals surface area contributed by atoms with Crippen LogP contribution < -0.4 is 10.1 Å². The molecule has 8 nitrogen and oxygen atoms in total. The number of rotatable bonds is 8. The van der Waals surface area contributed by atoms with E-state index in [1.807, 2.05) is 70.9 Å². The molecule has 1 saturated heterocycles. The highest BCUT2D eigenvalue weighted by molar-refractivity contribution is 5.96. The van der Waals surface area contributed by atoms with E-state index in [1.165, 1.54) is 0 Å². The number of hydrogen-bond acceptors (Lipinski definition) is 5. The van der Waals surface area contributed by atoms with Crippen molar-refractivity contribution in [1.82, 2.24) is 29.8 Å². The molecule has 1 fully saturated rings. The summed E-state index contributed by atoms with van der Waals surface area (Å²) < 4.78 is 9.67. The fraction of sp³-hybridized carbons (Fsp3) is 0.367. The molecule has 0 radical (unpaired) electrons. The van der Waals surface area contributed by atoms with Crippen molar-refractivity contribution in [2.24, 2.45) is 20.0 Å². The summed E-state index contributed by atoms with van der Waals surface area (Å²) in [7, 11) is 5.96. The summed E-state index contributed by atoms with van der Waals surface area (Å²) >= 11 is 0. The van der Waals surface area contributed by atoms with E-state index in [2.05, 4.69) is 45.7 Å². The van der Waals surface area contributed by atoms with Crippen LogP contribution in [0.3, 0.4) is 0 Å². The average Bonchev–Trinajstić information content (AvgIpc) is 3.64. The Hall–Kier alpha value is -3.91. The van der Waals surface area contributed by atoms with Crippen LogP contribution in [-0.4, -0.2) is 57.1 Å². The Labute approximate surface area is 224 Å². The Morgan fingerprint density at radius 2 is 1.66 bits per heavy atom. The fourth-order valence-electron chi connectivity index (χ4n) is 5.05. The summed E-state index contributed by atoms with van der Waals surface area (Å²) in [5.41, 5.74) is 6.68. The Balaban J connectivity index is 1.36. The van der Waals surface area contributed by atoms with Gasteiger partial charge in [-0.2, -0.15) is 10.2 Å². The summed E-state index contributed by atoms with van der Waals surface area (Å²) in [6, 6.07) is 11.9. The molecular weight excluding hydrogens is 476 g/mol. The van der Waals surface area contributed by atoms with Crippen LogP contribution in [0.1, 0.15) is 40.9 Å². The minimum Gasteiger partial charge on any atom is -0.493 e. The highest BCUT2D eigenvalue weighted by Crippen LogP contribution is 2.31. The fourth-order valence-corrected chi connectivity index (χ4v) is 5.05. The van der Waals surface area contributed by atoms with Gasteiger partial charge in [-0.3, -0.25) is 14.2 Å². The highest BCUT2D eigenvalue weighted by atomic mass is 16.5. The highest BCUT2D eigenvalue weighted by Gasteiger charge is 2.21. The van der Waals surface area contributed by atoms with Gasteiger partial charge in [0, 0.05) is 55.6 Å². The van der Waals surface area contributed by atoms with Gasteiger partial charge in [-0.15, -0.1) is 0 Å². The summed E-state index contributed by atoms with van der Waals surface area (Å²) in [5, 5.41) is 11.9. The zero-order valence-electron chi connectivity index (χ0n) is 22.8. The molecule has 3 heterocycles. The third-order valence-corrected chi connectivity index (χ3v) is 7.31. The molecule has 5 rings (SSSR count). The summed E-state index contributed by atoms with van der Waals surface area (Å²) in [5.74, 6) is 1.15. The molecule has 1 amide bonds. The number of ether oxygens (including phenoxy) is 1. The zero-order valence-corrected chi connectivity index (χ0v) is 22.8. The number of carbonyl (C=O) groups is 1. The first-order chi connectivity index (χ1) is 18.2. The lowest BCUT2D eigenvalue weighted by molar-refractivity contribution is 0.0938. The summed E-state index contributed by atoms with van der Waals surface area (Å²) in [6.45, 7) is 6.80. The number of amides is 1. The van der Waals surface area contributed by atoms with E-state index in [0.717, 1.165) is 58.6 Å². The van der Waals surface area contributed by atoms with Crippen molar-refractivity contribution in [3.63, 3.8) is 0 Å². The lowest BCUT2D eigenvalue weighted by atomic mass is 9.96. The third kappa shape index (κ3) is 5.81. The molecule has 8 heteroatoms. The van der Waals surface area contributed by atoms with Crippen molar-refractivity contribution >= 4 is 5.91 Å². The minimum absolute atomic E-state index is 0.115. The van der Waals surface area contributed by atoms with Gasteiger partial charge in [0.15, 0.2) is 0 Å². The molecule has 4 aromatic rings. The van der Waals surface area contributed by atoms with Crippen molar-refractivity contribution in [3.05, 3.63) is 77.9 Å². The van der Waals surface area contributed by atoms with Crippen molar-refractivity contribution in [2.45, 2.75) is 26.3 Å². The minimum atomic E-state index is -0.215. The number of likely N-dealkylation sites (tertiary alicyclic amines) is 1. The third-order valence-electron chi connectivity index (χ3n) is 7.31. The van der Waals surface area contributed by atoms with E-state index < -0.39 is 0 Å². The van der Waals surface area contributed by atoms with E-state index in [-0.39, 0.29) is 11.9 Å². The SMILES string of the molecule is Cc1ccc(OC[C@H]2CCN(C)C2)cc1C(=O)N[C@H](C)c1cc(-c2cnn(C)c2)cc(-c2cnn(C)c2)c1. The largest absolute Gasteiger partial charge is 0.493 e. The van der Waals surface area contributed by atoms with Gasteiger partial charge >= 0.3 is 0 Å². The number of benzene rings is 2. The summed E-state index contributed by atoms with van der Waals surface area (Å²) in [4.78, 5) is 15.7. The molecule has 0 saturated carbocycles. The number of nitrogens with zero attached hydrogens (tertiary/aromatic N) is 5. The second kappa shape index (κ2) is 10.8. The van der Waals surface area contributed by atoms with E-state index in [4.69, 9.17) is 4.74 Å². The maximum absolute atomic E-state index is 13.4. The number of nitrogens with one attached hydrogen (secondary N) is 1. The monoisotopic (exact) mass is 512 g/mol. The predicted octanol–water partition coefficient (Wildman–Crippen LogP) is 4.62. The Morgan fingerprint density at radius 1 is 1.00 bits per heavy atom. The van der Waals surface area contributed by atoms with Gasteiger partial charge in [-0.05, 0) is 86.4 Å². The van der Waals surface area contributed by atoms with Crippen LogP contribution >= 0.6 is 0 Å². The van der Waals surface area contributed by atoms with Gasteiger partial charge in [-0.25, -0.2) is 0 Å². The molecule has 1 N–H and O–H groups in total. The molecule has 0 spiro atoms. The van der Waals surface area contributed by atoms with Crippen LogP contribution in [0.4, 0.5) is 0 Å². The van der Waals surface area contributed by atoms with Crippen LogP contribution in [0, 0.1) is 12.8 Å². The Kier molecular flexibility index (Phi) is 7.33. The number of aryl methyl sites for hydroxylation is 3. The Bertz CT molecular complexity index is 1380. The van der Waals surface area contributed by atoms with Crippen molar-refractivity contribution in [3.8, 4) is 28.0 Å². The molecule has 2 aromatic heterocycles. The van der Waals surface area contributed by atoms with Crippen molar-refractivity contribution in [1.29, 1.82) is 0 Å². The first-order valence-corrected chi connectivity index (χ1v) is 13.1. The first kappa shape index (κ1) is 25.7. The van der Waals surface area contributed by atoms with E-state index >= 15 is 0 Å². The van der Waals surface area contributed by atoms with Crippen LogP contribution in [0.5, 0.6) is 5.75 Å². The lowest BCUT2D eigenvalue weighted by Crippen LogP contribution is -2.27. The maximum atomic E-state index is 13.4. The van der Waals surface area contributed by atoms with Gasteiger partial charge in [0.1, 0.15) is 5.75 Å². The Morgan fingerprint density at radius 3 is 2.21 bits per heavy atom. The van der Waals surface area contributed by atoms with Crippen molar-refractivity contribution < 1.29 is 9.53 Å². The predicted molar refractivity (Wildman–Crippen MR) is 149 cm³/mol. The smallest absolute Gasteiger partial charge is 0.252 e. The molecular formula is C30H36N6O2. The molecule has 1 aliphatic rings. The van der Waals surface area contributed by atoms with Crippen LogP contribution in [-0.2, 0) is 14.1 Å². The standard InChI is InChI=1S/C30H36N6O2/c1-20-6-7-28(38-19-22-8-9-34(3)16-22)13-29(20)30(37)33-21(2)23-10-24(26-14-31-35(4)17-26)12-25(11-23)27-15-32-36(5)18-27/h6-7,10-15,17-18,21-22H,8-9,16,19H2,1-5H3,(H,33,37)/t21-,22+/m1/s1. The number of carbonyl (C=O) groups excluding carboxylic acids is 1. The molecule has 0 bridgehead atoms. The average molecular weight is 513 g/mol. The van der Waals surface area contributed by atoms with Gasteiger partial charge < -0.3 is 15.0 Å². The van der Waals surface area contributed by atoms with Gasteiger partial charge in [0.25, 0.3) is 5.91 Å². The van der Waals surface area contributed by atoms with E-state index in [9.17, 15) is 4.79 Å². The number of hydrogen-bond donors (Lipinski definition) is 1. The normalized spacial score (nSPS) is 16.5.